The van der Waals surface area contributed by atoms with E-state index in [9.17, 15) is 4.79 Å². The van der Waals surface area contributed by atoms with Gasteiger partial charge in [0, 0.05) is 12.7 Å². The zero-order valence-corrected chi connectivity index (χ0v) is 11.3. The van der Waals surface area contributed by atoms with Crippen LogP contribution in [-0.2, 0) is 17.7 Å². The van der Waals surface area contributed by atoms with Crippen molar-refractivity contribution < 1.29 is 9.53 Å². The van der Waals surface area contributed by atoms with Crippen LogP contribution in [0.4, 0.5) is 4.79 Å². The van der Waals surface area contributed by atoms with E-state index in [1.54, 1.807) is 10.9 Å². The molecule has 0 radical (unpaired) electrons. The van der Waals surface area contributed by atoms with Gasteiger partial charge in [0.15, 0.2) is 0 Å². The molecule has 18 heavy (non-hydrogen) atoms. The molecule has 0 saturated heterocycles. The number of alkyl carbamates (subject to hydrolysis) is 1. The van der Waals surface area contributed by atoms with Crippen LogP contribution in [0.3, 0.4) is 0 Å². The number of amides is 1. The average molecular weight is 254 g/mol. The molecule has 6 nitrogen and oxygen atoms in total. The summed E-state index contributed by atoms with van der Waals surface area (Å²) in [7, 11) is 0. The maximum atomic E-state index is 11.4. The summed E-state index contributed by atoms with van der Waals surface area (Å²) in [5.41, 5.74) is 6.10. The summed E-state index contributed by atoms with van der Waals surface area (Å²) in [6.45, 7) is 7.21. The summed E-state index contributed by atoms with van der Waals surface area (Å²) in [6, 6.07) is 0. The zero-order chi connectivity index (χ0) is 13.6. The smallest absolute Gasteiger partial charge is 0.407 e. The number of nitrogens with two attached hydrogens (primary N) is 1. The number of nitrogens with zero attached hydrogens (tertiary/aromatic N) is 2. The molecular formula is C12H22N4O2. The molecule has 1 aromatic heterocycles. The van der Waals surface area contributed by atoms with Crippen LogP contribution in [0.25, 0.3) is 0 Å². The van der Waals surface area contributed by atoms with E-state index in [-0.39, 0.29) is 0 Å². The lowest BCUT2D eigenvalue weighted by molar-refractivity contribution is 0.0525. The third kappa shape index (κ3) is 5.67. The summed E-state index contributed by atoms with van der Waals surface area (Å²) in [4.78, 5) is 11.4. The number of hydrogen-bond acceptors (Lipinski definition) is 4. The number of ether oxygens (including phenoxy) is 1. The van der Waals surface area contributed by atoms with Gasteiger partial charge in [0.2, 0.25) is 0 Å². The minimum absolute atomic E-state index is 0.406. The molecule has 1 rings (SSSR count). The molecule has 0 atom stereocenters. The maximum absolute atomic E-state index is 11.4. The van der Waals surface area contributed by atoms with Crippen molar-refractivity contribution >= 4 is 6.09 Å². The first-order valence-electron chi connectivity index (χ1n) is 6.09. The molecule has 0 aliphatic carbocycles. The average Bonchev–Trinajstić information content (AvgIpc) is 2.63. The van der Waals surface area contributed by atoms with Crippen LogP contribution in [0.1, 0.15) is 26.3 Å². The molecule has 0 aliphatic rings. The second-order valence-corrected chi connectivity index (χ2v) is 5.08. The van der Waals surface area contributed by atoms with Gasteiger partial charge in [-0.1, -0.05) is 0 Å². The summed E-state index contributed by atoms with van der Waals surface area (Å²) in [6.07, 6.45) is 4.14. The predicted molar refractivity (Wildman–Crippen MR) is 69.2 cm³/mol. The Hall–Kier alpha value is -1.56. The van der Waals surface area contributed by atoms with E-state index in [0.717, 1.165) is 12.0 Å². The highest BCUT2D eigenvalue weighted by atomic mass is 16.6. The zero-order valence-electron chi connectivity index (χ0n) is 11.3. The predicted octanol–water partition coefficient (Wildman–Crippen LogP) is 0.909. The standard InChI is InChI=1S/C12H22N4O2/c1-12(2,3)18-11(17)14-6-7-16-9-10(4-5-13)8-15-16/h8-9H,4-7,13H2,1-3H3,(H,14,17). The topological polar surface area (TPSA) is 82.2 Å². The van der Waals surface area contributed by atoms with Crippen molar-refractivity contribution in [3.8, 4) is 0 Å². The SMILES string of the molecule is CC(C)(C)OC(=O)NCCn1cc(CCN)cn1. The minimum atomic E-state index is -0.468. The Morgan fingerprint density at radius 1 is 1.56 bits per heavy atom. The Morgan fingerprint density at radius 3 is 2.89 bits per heavy atom. The van der Waals surface area contributed by atoms with Crippen LogP contribution in [-0.4, -0.2) is 34.6 Å². The molecule has 0 fully saturated rings. The van der Waals surface area contributed by atoms with Gasteiger partial charge in [0.05, 0.1) is 12.7 Å². The van der Waals surface area contributed by atoms with Crippen molar-refractivity contribution in [2.75, 3.05) is 13.1 Å². The first kappa shape index (κ1) is 14.5. The lowest BCUT2D eigenvalue weighted by atomic mass is 10.2. The quantitative estimate of drug-likeness (QED) is 0.818. The van der Waals surface area contributed by atoms with Gasteiger partial charge in [-0.15, -0.1) is 0 Å². The molecule has 0 unspecified atom stereocenters. The fourth-order valence-corrected chi connectivity index (χ4v) is 1.41. The highest BCUT2D eigenvalue weighted by Crippen LogP contribution is 2.06. The van der Waals surface area contributed by atoms with Crippen molar-refractivity contribution in [2.45, 2.75) is 39.3 Å². The monoisotopic (exact) mass is 254 g/mol. The van der Waals surface area contributed by atoms with Gasteiger partial charge < -0.3 is 15.8 Å². The van der Waals surface area contributed by atoms with Gasteiger partial charge >= 0.3 is 6.09 Å². The van der Waals surface area contributed by atoms with E-state index in [1.165, 1.54) is 0 Å². The number of aromatic nitrogens is 2. The van der Waals surface area contributed by atoms with Crippen LogP contribution in [0.5, 0.6) is 0 Å². The molecule has 0 aromatic carbocycles. The van der Waals surface area contributed by atoms with Crippen molar-refractivity contribution in [3.63, 3.8) is 0 Å². The third-order valence-corrected chi connectivity index (χ3v) is 2.13. The molecule has 3 N–H and O–H groups in total. The second-order valence-electron chi connectivity index (χ2n) is 5.08. The molecule has 0 saturated carbocycles. The largest absolute Gasteiger partial charge is 0.444 e. The van der Waals surface area contributed by atoms with Gasteiger partial charge in [-0.2, -0.15) is 5.10 Å². The Balaban J connectivity index is 2.26. The molecule has 102 valence electrons. The molecule has 1 amide bonds. The van der Waals surface area contributed by atoms with Gasteiger partial charge in [-0.05, 0) is 39.3 Å². The van der Waals surface area contributed by atoms with Crippen LogP contribution < -0.4 is 11.1 Å². The fourth-order valence-electron chi connectivity index (χ4n) is 1.41. The lowest BCUT2D eigenvalue weighted by Crippen LogP contribution is -2.34. The number of carbonyl (C=O) groups excluding carboxylic acids is 1. The maximum Gasteiger partial charge on any atom is 0.407 e. The lowest BCUT2D eigenvalue weighted by Gasteiger charge is -2.19. The first-order chi connectivity index (χ1) is 8.40. The van der Waals surface area contributed by atoms with Crippen molar-refractivity contribution in [1.29, 1.82) is 0 Å². The van der Waals surface area contributed by atoms with Crippen LogP contribution in [0, 0.1) is 0 Å². The Bertz CT molecular complexity index is 382. The number of nitrogens with one attached hydrogen (secondary N) is 1. The van der Waals surface area contributed by atoms with E-state index >= 15 is 0 Å². The number of rotatable bonds is 5. The first-order valence-corrected chi connectivity index (χ1v) is 6.09. The Labute approximate surface area is 107 Å². The summed E-state index contributed by atoms with van der Waals surface area (Å²) in [5, 5.41) is 6.86. The van der Waals surface area contributed by atoms with Crippen molar-refractivity contribution in [3.05, 3.63) is 18.0 Å². The van der Waals surface area contributed by atoms with E-state index in [4.69, 9.17) is 10.5 Å². The van der Waals surface area contributed by atoms with E-state index in [0.29, 0.717) is 19.6 Å². The summed E-state index contributed by atoms with van der Waals surface area (Å²) in [5.74, 6) is 0. The highest BCUT2D eigenvalue weighted by molar-refractivity contribution is 5.67. The van der Waals surface area contributed by atoms with E-state index in [1.807, 2.05) is 27.0 Å². The molecule has 0 spiro atoms. The number of carbonyl (C=O) groups is 1. The van der Waals surface area contributed by atoms with Gasteiger partial charge in [-0.3, -0.25) is 4.68 Å². The van der Waals surface area contributed by atoms with Gasteiger partial charge in [0.25, 0.3) is 0 Å². The normalized spacial score (nSPS) is 11.3. The molecule has 1 aromatic rings. The number of hydrogen-bond donors (Lipinski definition) is 2. The molecule has 1 heterocycles. The van der Waals surface area contributed by atoms with Gasteiger partial charge in [-0.25, -0.2) is 4.79 Å². The Kier molecular flexibility index (Phi) is 5.15. The summed E-state index contributed by atoms with van der Waals surface area (Å²) < 4.78 is 6.90. The fraction of sp³-hybridized carbons (Fsp3) is 0.667. The van der Waals surface area contributed by atoms with E-state index < -0.39 is 11.7 Å². The van der Waals surface area contributed by atoms with E-state index in [2.05, 4.69) is 10.4 Å². The third-order valence-electron chi connectivity index (χ3n) is 2.13. The van der Waals surface area contributed by atoms with Gasteiger partial charge in [0.1, 0.15) is 5.60 Å². The van der Waals surface area contributed by atoms with Crippen LogP contribution >= 0.6 is 0 Å². The molecular weight excluding hydrogens is 232 g/mol. The molecule has 6 heteroatoms. The molecule has 0 aliphatic heterocycles. The van der Waals surface area contributed by atoms with Crippen molar-refractivity contribution in [2.24, 2.45) is 5.73 Å². The highest BCUT2D eigenvalue weighted by Gasteiger charge is 2.15. The minimum Gasteiger partial charge on any atom is -0.444 e. The van der Waals surface area contributed by atoms with Crippen LogP contribution in [0.2, 0.25) is 0 Å². The molecule has 0 bridgehead atoms. The summed E-state index contributed by atoms with van der Waals surface area (Å²) >= 11 is 0. The Morgan fingerprint density at radius 2 is 2.28 bits per heavy atom. The second kappa shape index (κ2) is 6.39. The van der Waals surface area contributed by atoms with Crippen molar-refractivity contribution in [1.82, 2.24) is 15.1 Å². The van der Waals surface area contributed by atoms with Crippen LogP contribution in [0.15, 0.2) is 12.4 Å².